The summed E-state index contributed by atoms with van der Waals surface area (Å²) in [5, 5.41) is 0. The Morgan fingerprint density at radius 2 is 1.57 bits per heavy atom. The van der Waals surface area contributed by atoms with Gasteiger partial charge in [0, 0.05) is 11.8 Å². The first-order valence-electron chi connectivity index (χ1n) is 16.5. The number of rotatable bonds is 2. The Morgan fingerprint density at radius 3 is 2.46 bits per heavy atom. The van der Waals surface area contributed by atoms with Crippen LogP contribution in [0.4, 0.5) is 0 Å². The summed E-state index contributed by atoms with van der Waals surface area (Å²) in [6, 6.07) is 0. The van der Waals surface area contributed by atoms with Gasteiger partial charge in [0.25, 0.3) is 0 Å². The van der Waals surface area contributed by atoms with Crippen molar-refractivity contribution >= 4 is 11.7 Å². The molecule has 4 nitrogen and oxygen atoms in total. The number of fused-ring (bicyclic) bond motifs is 4. The molecule has 6 fully saturated rings. The lowest BCUT2D eigenvalue weighted by Gasteiger charge is -2.36. The van der Waals surface area contributed by atoms with Crippen molar-refractivity contribution < 1.29 is 14.4 Å². The first-order valence-corrected chi connectivity index (χ1v) is 16.5. The average Bonchev–Trinajstić information content (AvgIpc) is 3.31. The largest absolute Gasteiger partial charge is 0.297 e. The number of Topliss-reactive ketones (excluding diaryl/α,β-unsaturated/α-hetero) is 1. The number of amides is 1. The Kier molecular flexibility index (Phi) is 8.04. The molecule has 7 bridgehead atoms. The molecule has 5 aliphatic carbocycles. The Morgan fingerprint density at radius 1 is 0.757 bits per heavy atom. The normalized spacial score (nSPS) is 47.0. The molecule has 4 heteroatoms. The van der Waals surface area contributed by atoms with Gasteiger partial charge in [0.2, 0.25) is 5.91 Å². The highest BCUT2D eigenvalue weighted by Gasteiger charge is 2.47. The molecule has 1 aliphatic heterocycles. The highest BCUT2D eigenvalue weighted by Crippen LogP contribution is 2.56. The number of hydroxylamine groups is 1. The van der Waals surface area contributed by atoms with Crippen LogP contribution in [0.25, 0.3) is 0 Å². The molecule has 1 saturated heterocycles. The maximum Gasteiger partial charge on any atom is 0.246 e. The fourth-order valence-corrected chi connectivity index (χ4v) is 10.9. The molecule has 0 radical (unpaired) electrons. The van der Waals surface area contributed by atoms with E-state index in [2.05, 4.69) is 12.4 Å². The summed E-state index contributed by atoms with van der Waals surface area (Å²) in [4.78, 5) is 31.7. The number of ketones is 1. The zero-order valence-electron chi connectivity index (χ0n) is 23.6. The van der Waals surface area contributed by atoms with E-state index in [-0.39, 0.29) is 30.1 Å². The molecule has 0 aromatic heterocycles. The summed E-state index contributed by atoms with van der Waals surface area (Å²) in [6.45, 7) is 2.44. The molecule has 1 amide bonds. The molecule has 208 valence electrons. The molecule has 1 heterocycles. The van der Waals surface area contributed by atoms with E-state index < -0.39 is 0 Å². The second-order valence-electron chi connectivity index (χ2n) is 14.9. The summed E-state index contributed by atoms with van der Waals surface area (Å²) < 4.78 is 0. The van der Waals surface area contributed by atoms with Crippen LogP contribution in [-0.4, -0.2) is 18.3 Å². The summed E-state index contributed by atoms with van der Waals surface area (Å²) in [6.07, 6.45) is 24.9. The van der Waals surface area contributed by atoms with Crippen molar-refractivity contribution in [1.82, 2.24) is 5.48 Å². The number of nitrogens with one attached hydrogen (secondary N) is 1. The minimum Gasteiger partial charge on any atom is -0.297 e. The van der Waals surface area contributed by atoms with Crippen molar-refractivity contribution in [3.8, 4) is 0 Å². The van der Waals surface area contributed by atoms with Gasteiger partial charge < -0.3 is 0 Å². The SMILES string of the molecule is CCCC1CCCC23CCC(C2)C(=O)CONC(=O)C2CC4CCC5CCCC(CC5CC4C2)CC1C3. The predicted molar refractivity (Wildman–Crippen MR) is 146 cm³/mol. The standard InChI is InChI=1S/C33H53NO3/c1-2-5-23-8-4-12-33-13-11-26(19-33)31(35)21-37-34-32(36)29-16-25-10-9-24-7-3-6-22(15-30(23)20-33)14-27(24)17-28(25)18-29/h22-30H,2-21H2,1H3,(H,34,36). The third kappa shape index (κ3) is 5.71. The molecular formula is C33H53NO3. The van der Waals surface area contributed by atoms with Crippen molar-refractivity contribution in [2.24, 2.45) is 58.7 Å². The van der Waals surface area contributed by atoms with Crippen LogP contribution in [0.3, 0.4) is 0 Å². The van der Waals surface area contributed by atoms with Crippen molar-refractivity contribution in [3.63, 3.8) is 0 Å². The third-order valence-corrected chi connectivity index (χ3v) is 12.7. The molecular weight excluding hydrogens is 458 g/mol. The van der Waals surface area contributed by atoms with Crippen molar-refractivity contribution in [2.45, 2.75) is 129 Å². The summed E-state index contributed by atoms with van der Waals surface area (Å²) >= 11 is 0. The lowest BCUT2D eigenvalue weighted by Crippen LogP contribution is -2.33. The van der Waals surface area contributed by atoms with E-state index >= 15 is 0 Å². The maximum absolute atomic E-state index is 13.1. The quantitative estimate of drug-likeness (QED) is 0.414. The van der Waals surface area contributed by atoms with Crippen LogP contribution in [0.5, 0.6) is 0 Å². The monoisotopic (exact) mass is 511 g/mol. The van der Waals surface area contributed by atoms with Gasteiger partial charge in [-0.15, -0.1) is 0 Å². The van der Waals surface area contributed by atoms with Crippen LogP contribution in [0, 0.1) is 58.7 Å². The average molecular weight is 512 g/mol. The molecule has 0 aromatic carbocycles. The van der Waals surface area contributed by atoms with Crippen LogP contribution >= 0.6 is 0 Å². The fraction of sp³-hybridized carbons (Fsp3) is 0.939. The van der Waals surface area contributed by atoms with E-state index in [0.29, 0.717) is 5.41 Å². The van der Waals surface area contributed by atoms with Crippen LogP contribution < -0.4 is 5.48 Å². The minimum absolute atomic E-state index is 0.0359. The zero-order valence-corrected chi connectivity index (χ0v) is 23.6. The Labute approximate surface area is 225 Å². The van der Waals surface area contributed by atoms with E-state index in [1.807, 2.05) is 0 Å². The van der Waals surface area contributed by atoms with Crippen LogP contribution in [0.15, 0.2) is 0 Å². The van der Waals surface area contributed by atoms with E-state index in [0.717, 1.165) is 67.1 Å². The van der Waals surface area contributed by atoms with Crippen LogP contribution in [0.1, 0.15) is 129 Å². The van der Waals surface area contributed by atoms with Gasteiger partial charge in [-0.2, -0.15) is 0 Å². The Bertz CT molecular complexity index is 826. The molecule has 10 atom stereocenters. The van der Waals surface area contributed by atoms with Gasteiger partial charge >= 0.3 is 0 Å². The summed E-state index contributed by atoms with van der Waals surface area (Å²) in [5.41, 5.74) is 3.10. The minimum atomic E-state index is 0.0359. The summed E-state index contributed by atoms with van der Waals surface area (Å²) in [7, 11) is 0. The number of carbonyl (C=O) groups excluding carboxylic acids is 2. The predicted octanol–water partition coefficient (Wildman–Crippen LogP) is 7.65. The molecule has 1 spiro atoms. The topological polar surface area (TPSA) is 55.4 Å². The van der Waals surface area contributed by atoms with Crippen molar-refractivity contribution in [2.75, 3.05) is 6.61 Å². The van der Waals surface area contributed by atoms with Gasteiger partial charge in [0.05, 0.1) is 0 Å². The van der Waals surface area contributed by atoms with Crippen LogP contribution in [0.2, 0.25) is 0 Å². The molecule has 37 heavy (non-hydrogen) atoms. The molecule has 1 N–H and O–H groups in total. The molecule has 6 aliphatic rings. The van der Waals surface area contributed by atoms with Gasteiger partial charge in [-0.1, -0.05) is 51.9 Å². The van der Waals surface area contributed by atoms with Crippen molar-refractivity contribution in [1.29, 1.82) is 0 Å². The molecule has 10 unspecified atom stereocenters. The fourth-order valence-electron chi connectivity index (χ4n) is 10.9. The maximum atomic E-state index is 13.1. The lowest BCUT2D eigenvalue weighted by atomic mass is 9.69. The Hall–Kier alpha value is -0.900. The van der Waals surface area contributed by atoms with Gasteiger partial charge in [-0.25, -0.2) is 5.48 Å². The zero-order chi connectivity index (χ0) is 25.4. The second-order valence-corrected chi connectivity index (χ2v) is 14.9. The molecule has 0 aromatic rings. The lowest BCUT2D eigenvalue weighted by molar-refractivity contribution is -0.142. The van der Waals surface area contributed by atoms with Gasteiger partial charge in [0.15, 0.2) is 5.78 Å². The number of hydrogen-bond acceptors (Lipinski definition) is 3. The smallest absolute Gasteiger partial charge is 0.246 e. The molecule has 6 rings (SSSR count). The number of carbonyl (C=O) groups is 2. The highest BCUT2D eigenvalue weighted by molar-refractivity contribution is 5.83. The first-order chi connectivity index (χ1) is 18.0. The van der Waals surface area contributed by atoms with Gasteiger partial charge in [0.1, 0.15) is 6.61 Å². The number of hydrogen-bond donors (Lipinski definition) is 1. The van der Waals surface area contributed by atoms with E-state index in [1.54, 1.807) is 0 Å². The summed E-state index contributed by atoms with van der Waals surface area (Å²) in [5.74, 6) is 6.39. The first kappa shape index (κ1) is 26.3. The van der Waals surface area contributed by atoms with Gasteiger partial charge in [-0.3, -0.25) is 14.4 Å². The van der Waals surface area contributed by atoms with Crippen molar-refractivity contribution in [3.05, 3.63) is 0 Å². The van der Waals surface area contributed by atoms with E-state index in [4.69, 9.17) is 4.84 Å². The highest BCUT2D eigenvalue weighted by atomic mass is 16.7. The second kappa shape index (κ2) is 11.3. The molecule has 5 saturated carbocycles. The van der Waals surface area contributed by atoms with Gasteiger partial charge in [-0.05, 0) is 124 Å². The third-order valence-electron chi connectivity index (χ3n) is 12.7. The Balaban J connectivity index is 1.26. The van der Waals surface area contributed by atoms with E-state index in [1.165, 1.54) is 96.3 Å². The van der Waals surface area contributed by atoms with Crippen LogP contribution in [-0.2, 0) is 14.4 Å². The van der Waals surface area contributed by atoms with E-state index in [9.17, 15) is 9.59 Å².